The number of rotatable bonds is 13. The zero-order valence-electron chi connectivity index (χ0n) is 22.2. The number of anilines is 1. The van der Waals surface area contributed by atoms with E-state index < -0.39 is 5.97 Å². The van der Waals surface area contributed by atoms with E-state index >= 15 is 0 Å². The van der Waals surface area contributed by atoms with Crippen molar-refractivity contribution in [2.75, 3.05) is 31.2 Å². The highest BCUT2D eigenvalue weighted by Crippen LogP contribution is 2.32. The average molecular weight is 495 g/mol. The molecule has 0 aromatic heterocycles. The predicted octanol–water partition coefficient (Wildman–Crippen LogP) is 6.23. The van der Waals surface area contributed by atoms with Gasteiger partial charge in [-0.15, -0.1) is 0 Å². The van der Waals surface area contributed by atoms with Crippen LogP contribution in [0, 0.1) is 0 Å². The number of esters is 1. The van der Waals surface area contributed by atoms with E-state index in [2.05, 4.69) is 41.4 Å². The second kappa shape index (κ2) is 14.5. The minimum absolute atomic E-state index is 0.0312. The molecule has 1 unspecified atom stereocenters. The number of carbonyl (C=O) groups excluding carboxylic acids is 2. The van der Waals surface area contributed by atoms with Crippen LogP contribution in [0.2, 0.25) is 0 Å². The van der Waals surface area contributed by atoms with Crippen molar-refractivity contribution in [2.45, 2.75) is 78.2 Å². The van der Waals surface area contributed by atoms with Gasteiger partial charge in [0.1, 0.15) is 11.3 Å². The zero-order chi connectivity index (χ0) is 25.8. The lowest BCUT2D eigenvalue weighted by Crippen LogP contribution is -2.34. The Bertz CT molecular complexity index is 985. The largest absolute Gasteiger partial charge is 0.493 e. The van der Waals surface area contributed by atoms with Gasteiger partial charge in [0.25, 0.3) is 0 Å². The zero-order valence-corrected chi connectivity index (χ0v) is 22.2. The van der Waals surface area contributed by atoms with Crippen molar-refractivity contribution in [3.05, 3.63) is 59.2 Å². The van der Waals surface area contributed by atoms with E-state index in [1.165, 1.54) is 30.5 Å². The smallest absolute Gasteiger partial charge is 0.341 e. The number of piperidine rings is 1. The maximum atomic E-state index is 13.2. The molecule has 0 bridgehead atoms. The molecule has 36 heavy (non-hydrogen) atoms. The van der Waals surface area contributed by atoms with Crippen molar-refractivity contribution in [1.29, 1.82) is 0 Å². The van der Waals surface area contributed by atoms with Crippen LogP contribution in [0.15, 0.2) is 42.5 Å². The summed E-state index contributed by atoms with van der Waals surface area (Å²) >= 11 is 0. The summed E-state index contributed by atoms with van der Waals surface area (Å²) in [5, 5.41) is 3.33. The van der Waals surface area contributed by atoms with Gasteiger partial charge in [0.2, 0.25) is 5.91 Å². The van der Waals surface area contributed by atoms with E-state index in [0.717, 1.165) is 44.3 Å². The maximum Gasteiger partial charge on any atom is 0.341 e. The molecular formula is C30H42N2O4. The lowest BCUT2D eigenvalue weighted by molar-refractivity contribution is -0.121. The molecule has 6 nitrogen and oxygen atoms in total. The summed E-state index contributed by atoms with van der Waals surface area (Å²) in [6, 6.07) is 13.8. The summed E-state index contributed by atoms with van der Waals surface area (Å²) < 4.78 is 10.8. The minimum atomic E-state index is -0.415. The van der Waals surface area contributed by atoms with Crippen LogP contribution in [0.5, 0.6) is 5.75 Å². The lowest BCUT2D eigenvalue weighted by atomic mass is 9.96. The van der Waals surface area contributed by atoms with Gasteiger partial charge < -0.3 is 19.7 Å². The van der Waals surface area contributed by atoms with E-state index in [9.17, 15) is 9.59 Å². The van der Waals surface area contributed by atoms with Gasteiger partial charge in [0, 0.05) is 18.8 Å². The van der Waals surface area contributed by atoms with Crippen molar-refractivity contribution < 1.29 is 19.1 Å². The van der Waals surface area contributed by atoms with Crippen LogP contribution in [-0.2, 0) is 16.0 Å². The molecule has 0 radical (unpaired) electrons. The number of nitrogens with zero attached hydrogens (tertiary/aromatic N) is 1. The first-order chi connectivity index (χ1) is 17.6. The monoisotopic (exact) mass is 494 g/mol. The van der Waals surface area contributed by atoms with Gasteiger partial charge in [0.05, 0.1) is 25.7 Å². The first kappa shape index (κ1) is 27.6. The molecule has 0 saturated carbocycles. The van der Waals surface area contributed by atoms with Crippen molar-refractivity contribution in [1.82, 2.24) is 5.32 Å². The molecule has 1 amide bonds. The maximum absolute atomic E-state index is 13.2. The number of hydrogen-bond donors (Lipinski definition) is 1. The predicted molar refractivity (Wildman–Crippen MR) is 145 cm³/mol. The number of benzene rings is 2. The van der Waals surface area contributed by atoms with Gasteiger partial charge in [-0.05, 0) is 68.9 Å². The fraction of sp³-hybridized carbons (Fsp3) is 0.533. The Kier molecular flexibility index (Phi) is 11.1. The Morgan fingerprint density at radius 2 is 1.75 bits per heavy atom. The lowest BCUT2D eigenvalue weighted by Gasteiger charge is -2.33. The summed E-state index contributed by atoms with van der Waals surface area (Å²) in [4.78, 5) is 28.0. The molecular weight excluding hydrogens is 452 g/mol. The number of unbranched alkanes of at least 4 members (excludes halogenated alkanes) is 2. The van der Waals surface area contributed by atoms with Crippen molar-refractivity contribution in [3.63, 3.8) is 0 Å². The summed E-state index contributed by atoms with van der Waals surface area (Å²) in [7, 11) is 0. The number of hydrogen-bond acceptors (Lipinski definition) is 5. The molecule has 1 heterocycles. The van der Waals surface area contributed by atoms with Crippen LogP contribution in [0.25, 0.3) is 0 Å². The van der Waals surface area contributed by atoms with Crippen LogP contribution >= 0.6 is 0 Å². The van der Waals surface area contributed by atoms with Crippen molar-refractivity contribution in [3.8, 4) is 5.75 Å². The summed E-state index contributed by atoms with van der Waals surface area (Å²) in [5.74, 6) is 0.00901. The molecule has 1 saturated heterocycles. The number of para-hydroxylation sites is 1. The molecule has 6 heteroatoms. The summed E-state index contributed by atoms with van der Waals surface area (Å²) in [6.07, 6.45) is 8.20. The number of amides is 1. The Morgan fingerprint density at radius 1 is 0.972 bits per heavy atom. The van der Waals surface area contributed by atoms with Gasteiger partial charge in [-0.1, -0.05) is 50.5 Å². The summed E-state index contributed by atoms with van der Waals surface area (Å²) in [5.41, 5.74) is 3.64. The SMILES string of the molecule is CCCCCC(NC(=O)Cc1ccc(C(=O)OCC)c(OCC)c1)c1ccccc1N1CCCCC1. The first-order valence-corrected chi connectivity index (χ1v) is 13.6. The Hall–Kier alpha value is -3.02. The molecule has 2 aromatic rings. The van der Waals surface area contributed by atoms with E-state index in [0.29, 0.717) is 24.5 Å². The van der Waals surface area contributed by atoms with Crippen molar-refractivity contribution >= 4 is 17.6 Å². The Balaban J connectivity index is 1.78. The van der Waals surface area contributed by atoms with Gasteiger partial charge >= 0.3 is 5.97 Å². The third kappa shape index (κ3) is 7.74. The Labute approximate surface area is 216 Å². The molecule has 3 rings (SSSR count). The van der Waals surface area contributed by atoms with E-state index in [4.69, 9.17) is 9.47 Å². The number of carbonyl (C=O) groups is 2. The average Bonchev–Trinajstić information content (AvgIpc) is 2.89. The van der Waals surface area contributed by atoms with Gasteiger partial charge in [-0.2, -0.15) is 0 Å². The topological polar surface area (TPSA) is 67.9 Å². The normalized spacial score (nSPS) is 14.2. The van der Waals surface area contributed by atoms with E-state index in [-0.39, 0.29) is 18.4 Å². The second-order valence-electron chi connectivity index (χ2n) is 9.38. The second-order valence-corrected chi connectivity index (χ2v) is 9.38. The van der Waals surface area contributed by atoms with Crippen LogP contribution in [0.3, 0.4) is 0 Å². The highest BCUT2D eigenvalue weighted by Gasteiger charge is 2.22. The van der Waals surface area contributed by atoms with E-state index in [1.807, 2.05) is 13.0 Å². The minimum Gasteiger partial charge on any atom is -0.493 e. The quantitative estimate of drug-likeness (QED) is 0.264. The van der Waals surface area contributed by atoms with Crippen LogP contribution in [-0.4, -0.2) is 38.2 Å². The Morgan fingerprint density at radius 3 is 2.47 bits per heavy atom. The molecule has 1 fully saturated rings. The van der Waals surface area contributed by atoms with Crippen LogP contribution in [0.1, 0.15) is 93.2 Å². The fourth-order valence-corrected chi connectivity index (χ4v) is 4.87. The van der Waals surface area contributed by atoms with Gasteiger partial charge in [-0.3, -0.25) is 4.79 Å². The first-order valence-electron chi connectivity index (χ1n) is 13.6. The molecule has 1 aliphatic rings. The standard InChI is InChI=1S/C30H42N2O4/c1-4-7-9-15-26(24-14-10-11-16-27(24)32-19-12-8-13-20-32)31-29(33)22-23-17-18-25(30(34)36-6-3)28(21-23)35-5-2/h10-11,14,16-18,21,26H,4-9,12-13,15,19-20,22H2,1-3H3,(H,31,33). The third-order valence-electron chi connectivity index (χ3n) is 6.65. The number of ether oxygens (including phenoxy) is 2. The molecule has 2 aromatic carbocycles. The van der Waals surface area contributed by atoms with Crippen LogP contribution in [0.4, 0.5) is 5.69 Å². The molecule has 1 atom stereocenters. The third-order valence-corrected chi connectivity index (χ3v) is 6.65. The fourth-order valence-electron chi connectivity index (χ4n) is 4.87. The highest BCUT2D eigenvalue weighted by atomic mass is 16.5. The molecule has 1 N–H and O–H groups in total. The van der Waals surface area contributed by atoms with Gasteiger partial charge in [-0.25, -0.2) is 4.79 Å². The van der Waals surface area contributed by atoms with E-state index in [1.54, 1.807) is 19.1 Å². The van der Waals surface area contributed by atoms with Gasteiger partial charge in [0.15, 0.2) is 0 Å². The highest BCUT2D eigenvalue weighted by molar-refractivity contribution is 5.93. The van der Waals surface area contributed by atoms with Crippen molar-refractivity contribution in [2.24, 2.45) is 0 Å². The molecule has 196 valence electrons. The summed E-state index contributed by atoms with van der Waals surface area (Å²) in [6.45, 7) is 8.71. The molecule has 0 aliphatic carbocycles. The van der Waals surface area contributed by atoms with Crippen LogP contribution < -0.4 is 15.0 Å². The number of nitrogens with one attached hydrogen (secondary N) is 1. The molecule has 0 spiro atoms. The molecule has 1 aliphatic heterocycles.